The summed E-state index contributed by atoms with van der Waals surface area (Å²) >= 11 is 0. The van der Waals surface area contributed by atoms with Crippen molar-refractivity contribution in [2.75, 3.05) is 40.3 Å². The van der Waals surface area contributed by atoms with E-state index in [1.54, 1.807) is 19.0 Å². The van der Waals surface area contributed by atoms with E-state index >= 15 is 0 Å². The Hall–Kier alpha value is -1.10. The predicted octanol–water partition coefficient (Wildman–Crippen LogP) is 0.559. The van der Waals surface area contributed by atoms with E-state index in [0.29, 0.717) is 24.9 Å². The largest absolute Gasteiger partial charge is 0.337 e. The third-order valence-corrected chi connectivity index (χ3v) is 3.45. The molecule has 0 spiro atoms. The van der Waals surface area contributed by atoms with Crippen molar-refractivity contribution in [3.05, 3.63) is 0 Å². The number of hydrogen-bond acceptors (Lipinski definition) is 3. The van der Waals surface area contributed by atoms with Crippen LogP contribution in [-0.2, 0) is 9.59 Å². The molecule has 0 aromatic heterocycles. The highest BCUT2D eigenvalue weighted by atomic mass is 16.2. The fourth-order valence-electron chi connectivity index (χ4n) is 2.51. The minimum atomic E-state index is -0.403. The second-order valence-corrected chi connectivity index (χ2v) is 5.98. The molecule has 110 valence electrons. The molecule has 5 heteroatoms. The highest BCUT2D eigenvalue weighted by Crippen LogP contribution is 2.11. The maximum Gasteiger partial charge on any atom is 0.311 e. The van der Waals surface area contributed by atoms with E-state index in [4.69, 9.17) is 0 Å². The van der Waals surface area contributed by atoms with Gasteiger partial charge in [-0.1, -0.05) is 13.8 Å². The maximum absolute atomic E-state index is 12.1. The third-order valence-electron chi connectivity index (χ3n) is 3.45. The summed E-state index contributed by atoms with van der Waals surface area (Å²) in [6, 6.07) is 0. The monoisotopic (exact) mass is 269 g/mol. The number of hydrogen-bond donors (Lipinski definition) is 1. The Morgan fingerprint density at radius 1 is 1.21 bits per heavy atom. The van der Waals surface area contributed by atoms with Crippen LogP contribution < -0.4 is 5.32 Å². The van der Waals surface area contributed by atoms with E-state index in [2.05, 4.69) is 5.32 Å². The number of piperidine rings is 1. The van der Waals surface area contributed by atoms with Crippen LogP contribution >= 0.6 is 0 Å². The number of carbonyl (C=O) groups is 2. The van der Waals surface area contributed by atoms with Crippen LogP contribution in [0.3, 0.4) is 0 Å². The normalized spacial score (nSPS) is 19.3. The topological polar surface area (TPSA) is 52.7 Å². The molecule has 0 aromatic carbocycles. The first kappa shape index (κ1) is 16.0. The van der Waals surface area contributed by atoms with E-state index < -0.39 is 11.8 Å². The highest BCUT2D eigenvalue weighted by Gasteiger charge is 2.25. The summed E-state index contributed by atoms with van der Waals surface area (Å²) in [5.74, 6) is 0.0363. The van der Waals surface area contributed by atoms with Crippen molar-refractivity contribution in [3.63, 3.8) is 0 Å². The first-order valence-corrected chi connectivity index (χ1v) is 7.13. The quantitative estimate of drug-likeness (QED) is 0.759. The zero-order valence-electron chi connectivity index (χ0n) is 12.6. The predicted molar refractivity (Wildman–Crippen MR) is 75.7 cm³/mol. The van der Waals surface area contributed by atoms with Gasteiger partial charge in [0.25, 0.3) is 0 Å². The summed E-state index contributed by atoms with van der Waals surface area (Å²) in [5, 5.41) is 3.32. The van der Waals surface area contributed by atoms with Gasteiger partial charge in [-0.05, 0) is 37.8 Å². The molecule has 1 heterocycles. The Morgan fingerprint density at radius 3 is 2.37 bits per heavy atom. The molecule has 5 nitrogen and oxygen atoms in total. The molecule has 0 aromatic rings. The molecular weight excluding hydrogens is 242 g/mol. The molecule has 2 amide bonds. The van der Waals surface area contributed by atoms with E-state index in [-0.39, 0.29) is 0 Å². The first-order chi connectivity index (χ1) is 8.91. The second kappa shape index (κ2) is 7.48. The van der Waals surface area contributed by atoms with Crippen molar-refractivity contribution in [1.29, 1.82) is 0 Å². The Kier molecular flexibility index (Phi) is 6.28. The molecule has 1 aliphatic rings. The van der Waals surface area contributed by atoms with E-state index in [1.165, 1.54) is 4.90 Å². The van der Waals surface area contributed by atoms with E-state index in [0.717, 1.165) is 25.9 Å². The summed E-state index contributed by atoms with van der Waals surface area (Å²) in [6.07, 6.45) is 2.27. The Balaban J connectivity index is 2.44. The van der Waals surface area contributed by atoms with Crippen LogP contribution in [0.5, 0.6) is 0 Å². The van der Waals surface area contributed by atoms with Gasteiger partial charge < -0.3 is 15.1 Å². The molecule has 0 saturated carbocycles. The lowest BCUT2D eigenvalue weighted by Crippen LogP contribution is -2.46. The number of nitrogens with one attached hydrogen (secondary N) is 1. The fraction of sp³-hybridized carbons (Fsp3) is 0.857. The van der Waals surface area contributed by atoms with Crippen LogP contribution in [0.25, 0.3) is 0 Å². The summed E-state index contributed by atoms with van der Waals surface area (Å²) in [7, 11) is 3.41. The number of carbonyl (C=O) groups excluding carboxylic acids is 2. The minimum absolute atomic E-state index is 0.370. The van der Waals surface area contributed by atoms with Gasteiger partial charge in [0.1, 0.15) is 0 Å². The minimum Gasteiger partial charge on any atom is -0.337 e. The van der Waals surface area contributed by atoms with Crippen LogP contribution in [0.1, 0.15) is 26.7 Å². The zero-order valence-corrected chi connectivity index (χ0v) is 12.6. The van der Waals surface area contributed by atoms with E-state index in [1.807, 2.05) is 13.8 Å². The maximum atomic E-state index is 12.1. The fourth-order valence-corrected chi connectivity index (χ4v) is 2.51. The molecule has 0 bridgehead atoms. The molecule has 1 aliphatic heterocycles. The van der Waals surface area contributed by atoms with Gasteiger partial charge in [-0.25, -0.2) is 0 Å². The molecule has 19 heavy (non-hydrogen) atoms. The SMILES string of the molecule is CC(C)CN(C)C(=O)C(=O)N(C)CC1CCCNC1. The highest BCUT2D eigenvalue weighted by molar-refractivity contribution is 6.34. The van der Waals surface area contributed by atoms with Crippen molar-refractivity contribution < 1.29 is 9.59 Å². The Morgan fingerprint density at radius 2 is 1.84 bits per heavy atom. The lowest BCUT2D eigenvalue weighted by molar-refractivity contribution is -0.150. The molecule has 0 aliphatic carbocycles. The van der Waals surface area contributed by atoms with Crippen LogP contribution in [0.4, 0.5) is 0 Å². The molecule has 1 unspecified atom stereocenters. The number of likely N-dealkylation sites (N-methyl/N-ethyl adjacent to an activating group) is 2. The average molecular weight is 269 g/mol. The second-order valence-electron chi connectivity index (χ2n) is 5.98. The molecule has 1 rings (SSSR count). The molecule has 1 saturated heterocycles. The van der Waals surface area contributed by atoms with E-state index in [9.17, 15) is 9.59 Å². The van der Waals surface area contributed by atoms with Crippen LogP contribution in [0.15, 0.2) is 0 Å². The van der Waals surface area contributed by atoms with Gasteiger partial charge in [-0.3, -0.25) is 9.59 Å². The standard InChI is InChI=1S/C14H27N3O2/c1-11(2)9-16(3)13(18)14(19)17(4)10-12-6-5-7-15-8-12/h11-12,15H,5-10H2,1-4H3. The molecular formula is C14H27N3O2. The van der Waals surface area contributed by atoms with Gasteiger partial charge in [0.05, 0.1) is 0 Å². The van der Waals surface area contributed by atoms with Gasteiger partial charge in [0.15, 0.2) is 0 Å². The van der Waals surface area contributed by atoms with Gasteiger partial charge >= 0.3 is 11.8 Å². The van der Waals surface area contributed by atoms with Crippen molar-refractivity contribution in [2.24, 2.45) is 11.8 Å². The summed E-state index contributed by atoms with van der Waals surface area (Å²) < 4.78 is 0. The smallest absolute Gasteiger partial charge is 0.311 e. The van der Waals surface area contributed by atoms with Crippen molar-refractivity contribution in [3.8, 4) is 0 Å². The summed E-state index contributed by atoms with van der Waals surface area (Å²) in [6.45, 7) is 7.34. The summed E-state index contributed by atoms with van der Waals surface area (Å²) in [4.78, 5) is 27.1. The Labute approximate surface area is 116 Å². The number of nitrogens with zero attached hydrogens (tertiary/aromatic N) is 2. The van der Waals surface area contributed by atoms with Gasteiger partial charge in [-0.2, -0.15) is 0 Å². The summed E-state index contributed by atoms with van der Waals surface area (Å²) in [5.41, 5.74) is 0. The lowest BCUT2D eigenvalue weighted by Gasteiger charge is -2.28. The van der Waals surface area contributed by atoms with Crippen LogP contribution in [0, 0.1) is 11.8 Å². The van der Waals surface area contributed by atoms with Crippen molar-refractivity contribution >= 4 is 11.8 Å². The third kappa shape index (κ3) is 5.19. The zero-order chi connectivity index (χ0) is 14.4. The van der Waals surface area contributed by atoms with Crippen molar-refractivity contribution in [1.82, 2.24) is 15.1 Å². The van der Waals surface area contributed by atoms with Gasteiger partial charge in [0, 0.05) is 27.2 Å². The van der Waals surface area contributed by atoms with Crippen LogP contribution in [-0.4, -0.2) is 61.9 Å². The van der Waals surface area contributed by atoms with Gasteiger partial charge in [-0.15, -0.1) is 0 Å². The molecule has 1 fully saturated rings. The van der Waals surface area contributed by atoms with Gasteiger partial charge in [0.2, 0.25) is 0 Å². The number of rotatable bonds is 4. The average Bonchev–Trinajstić information content (AvgIpc) is 2.37. The molecule has 1 N–H and O–H groups in total. The first-order valence-electron chi connectivity index (χ1n) is 7.13. The Bertz CT molecular complexity index is 312. The van der Waals surface area contributed by atoms with Crippen LogP contribution in [0.2, 0.25) is 0 Å². The number of amides is 2. The molecule has 0 radical (unpaired) electrons. The molecule has 1 atom stereocenters. The lowest BCUT2D eigenvalue weighted by atomic mass is 9.99. The van der Waals surface area contributed by atoms with Crippen molar-refractivity contribution in [2.45, 2.75) is 26.7 Å².